The highest BCUT2D eigenvalue weighted by Gasteiger charge is 2.05. The van der Waals surface area contributed by atoms with Gasteiger partial charge in [-0.1, -0.05) is 0 Å². The van der Waals surface area contributed by atoms with Gasteiger partial charge in [0.05, 0.1) is 5.56 Å². The summed E-state index contributed by atoms with van der Waals surface area (Å²) in [6, 6.07) is 0.205. The van der Waals surface area contributed by atoms with E-state index in [0.29, 0.717) is 6.61 Å². The maximum absolute atomic E-state index is 10.9. The molecule has 1 rings (SSSR count). The normalized spacial score (nSPS) is 10.2. The van der Waals surface area contributed by atoms with Gasteiger partial charge in [-0.2, -0.15) is 0 Å². The average Bonchev–Trinajstić information content (AvgIpc) is 2.28. The summed E-state index contributed by atoms with van der Waals surface area (Å²) in [4.78, 5) is 20.5. The van der Waals surface area contributed by atoms with Crippen molar-refractivity contribution in [3.8, 4) is 6.01 Å². The fourth-order valence-electron chi connectivity index (χ4n) is 0.892. The lowest BCUT2D eigenvalue weighted by Gasteiger charge is -2.09. The lowest BCUT2D eigenvalue weighted by Crippen LogP contribution is -2.21. The van der Waals surface area contributed by atoms with Crippen molar-refractivity contribution >= 4 is 5.91 Å². The van der Waals surface area contributed by atoms with Gasteiger partial charge < -0.3 is 9.64 Å². The van der Waals surface area contributed by atoms with Gasteiger partial charge in [0.2, 0.25) is 0 Å². The first-order valence-electron chi connectivity index (χ1n) is 4.67. The molecule has 0 saturated heterocycles. The van der Waals surface area contributed by atoms with E-state index in [9.17, 15) is 4.79 Å². The number of nitrogens with one attached hydrogen (secondary N) is 1. The van der Waals surface area contributed by atoms with E-state index in [1.165, 1.54) is 17.9 Å². The molecule has 88 valence electrons. The summed E-state index contributed by atoms with van der Waals surface area (Å²) in [6.07, 6.45) is 2.56. The Labute approximate surface area is 93.0 Å². The van der Waals surface area contributed by atoms with E-state index in [1.54, 1.807) is 0 Å². The summed E-state index contributed by atoms with van der Waals surface area (Å²) >= 11 is 0. The van der Waals surface area contributed by atoms with Crippen LogP contribution in [-0.2, 0) is 0 Å². The fraction of sp³-hybridized carbons (Fsp3) is 0.444. The van der Waals surface area contributed by atoms with Gasteiger partial charge in [0.1, 0.15) is 6.61 Å². The van der Waals surface area contributed by atoms with Crippen molar-refractivity contribution in [2.45, 2.75) is 0 Å². The van der Waals surface area contributed by atoms with Crippen LogP contribution in [0.2, 0.25) is 0 Å². The summed E-state index contributed by atoms with van der Waals surface area (Å²) in [5.41, 5.74) is 1.66. The molecule has 0 spiro atoms. The second-order valence-corrected chi connectivity index (χ2v) is 3.35. The molecule has 0 fully saturated rings. The Bertz CT molecular complexity index is 339. The van der Waals surface area contributed by atoms with Crippen molar-refractivity contribution in [1.82, 2.24) is 20.3 Å². The Hall–Kier alpha value is -1.73. The van der Waals surface area contributed by atoms with Crippen LogP contribution in [-0.4, -0.2) is 53.2 Å². The molecule has 0 aliphatic carbocycles. The first kappa shape index (κ1) is 12.3. The van der Waals surface area contributed by atoms with Crippen LogP contribution in [0.3, 0.4) is 0 Å². The second kappa shape index (κ2) is 5.99. The lowest BCUT2D eigenvalue weighted by molar-refractivity contribution is 0.0705. The SMILES string of the molecule is CN(C)CCOc1ncc(C(=O)NO)cn1. The molecule has 7 heteroatoms. The van der Waals surface area contributed by atoms with E-state index >= 15 is 0 Å². The minimum absolute atomic E-state index is 0.169. The van der Waals surface area contributed by atoms with Gasteiger partial charge in [0.25, 0.3) is 5.91 Å². The zero-order valence-corrected chi connectivity index (χ0v) is 9.17. The number of hydrogen-bond donors (Lipinski definition) is 2. The van der Waals surface area contributed by atoms with Crippen LogP contribution < -0.4 is 10.2 Å². The van der Waals surface area contributed by atoms with Crippen LogP contribution >= 0.6 is 0 Å². The van der Waals surface area contributed by atoms with Crippen LogP contribution in [0.1, 0.15) is 10.4 Å². The minimum atomic E-state index is -0.653. The van der Waals surface area contributed by atoms with E-state index in [4.69, 9.17) is 9.94 Å². The van der Waals surface area contributed by atoms with Crippen molar-refractivity contribution in [3.05, 3.63) is 18.0 Å². The summed E-state index contributed by atoms with van der Waals surface area (Å²) < 4.78 is 5.23. The predicted octanol–water partition coefficient (Wildman–Crippen LogP) is -0.464. The molecule has 0 aliphatic heterocycles. The van der Waals surface area contributed by atoms with Crippen LogP contribution in [0, 0.1) is 0 Å². The molecule has 0 bridgehead atoms. The van der Waals surface area contributed by atoms with Crippen LogP contribution in [0.25, 0.3) is 0 Å². The van der Waals surface area contributed by atoms with Crippen molar-refractivity contribution in [3.63, 3.8) is 0 Å². The molecular weight excluding hydrogens is 212 g/mol. The van der Waals surface area contributed by atoms with E-state index in [-0.39, 0.29) is 11.6 Å². The highest BCUT2D eigenvalue weighted by atomic mass is 16.5. The number of carbonyl (C=O) groups excluding carboxylic acids is 1. The lowest BCUT2D eigenvalue weighted by atomic mass is 10.3. The molecule has 0 saturated carbocycles. The van der Waals surface area contributed by atoms with Gasteiger partial charge >= 0.3 is 6.01 Å². The first-order valence-corrected chi connectivity index (χ1v) is 4.67. The molecule has 1 aromatic heterocycles. The van der Waals surface area contributed by atoms with E-state index in [1.807, 2.05) is 19.0 Å². The molecule has 2 N–H and O–H groups in total. The Kier molecular flexibility index (Phi) is 4.62. The van der Waals surface area contributed by atoms with Crippen molar-refractivity contribution in [2.75, 3.05) is 27.2 Å². The van der Waals surface area contributed by atoms with Crippen molar-refractivity contribution in [1.29, 1.82) is 0 Å². The molecular formula is C9H14N4O3. The van der Waals surface area contributed by atoms with Gasteiger partial charge in [-0.05, 0) is 14.1 Å². The average molecular weight is 226 g/mol. The number of rotatable bonds is 5. The highest BCUT2D eigenvalue weighted by Crippen LogP contribution is 2.02. The number of amides is 1. The topological polar surface area (TPSA) is 87.6 Å². The first-order chi connectivity index (χ1) is 7.63. The molecule has 7 nitrogen and oxygen atoms in total. The smallest absolute Gasteiger partial charge is 0.316 e. The van der Waals surface area contributed by atoms with Crippen LogP contribution in [0.4, 0.5) is 0 Å². The summed E-state index contributed by atoms with van der Waals surface area (Å²) in [5.74, 6) is -0.653. The zero-order valence-electron chi connectivity index (χ0n) is 9.17. The van der Waals surface area contributed by atoms with Gasteiger partial charge in [-0.25, -0.2) is 15.4 Å². The number of aromatic nitrogens is 2. The number of carbonyl (C=O) groups is 1. The number of nitrogens with zero attached hydrogens (tertiary/aromatic N) is 3. The fourth-order valence-corrected chi connectivity index (χ4v) is 0.892. The number of ether oxygens (including phenoxy) is 1. The molecule has 0 atom stereocenters. The Morgan fingerprint density at radius 1 is 1.50 bits per heavy atom. The van der Waals surface area contributed by atoms with Crippen LogP contribution in [0.15, 0.2) is 12.4 Å². The van der Waals surface area contributed by atoms with E-state index in [0.717, 1.165) is 6.54 Å². The maximum atomic E-state index is 10.9. The van der Waals surface area contributed by atoms with Crippen molar-refractivity contribution in [2.24, 2.45) is 0 Å². The number of hydrogen-bond acceptors (Lipinski definition) is 6. The van der Waals surface area contributed by atoms with Crippen LogP contribution in [0.5, 0.6) is 6.01 Å². The Morgan fingerprint density at radius 2 is 2.12 bits per heavy atom. The quantitative estimate of drug-likeness (QED) is 0.521. The molecule has 1 heterocycles. The maximum Gasteiger partial charge on any atom is 0.316 e. The minimum Gasteiger partial charge on any atom is -0.462 e. The van der Waals surface area contributed by atoms with E-state index < -0.39 is 5.91 Å². The standard InChI is InChI=1S/C9H14N4O3/c1-13(2)3-4-16-9-10-5-7(6-11-9)8(14)12-15/h5-6,15H,3-4H2,1-2H3,(H,12,14). The number of hydroxylamine groups is 1. The third-order valence-corrected chi connectivity index (χ3v) is 1.76. The van der Waals surface area contributed by atoms with E-state index in [2.05, 4.69) is 9.97 Å². The van der Waals surface area contributed by atoms with Crippen molar-refractivity contribution < 1.29 is 14.7 Å². The largest absolute Gasteiger partial charge is 0.462 e. The van der Waals surface area contributed by atoms with Gasteiger partial charge in [-0.15, -0.1) is 0 Å². The predicted molar refractivity (Wildman–Crippen MR) is 55.3 cm³/mol. The molecule has 16 heavy (non-hydrogen) atoms. The molecule has 0 unspecified atom stereocenters. The molecule has 0 aromatic carbocycles. The third-order valence-electron chi connectivity index (χ3n) is 1.76. The highest BCUT2D eigenvalue weighted by molar-refractivity contribution is 5.92. The summed E-state index contributed by atoms with van der Waals surface area (Å²) in [6.45, 7) is 1.22. The summed E-state index contributed by atoms with van der Waals surface area (Å²) in [7, 11) is 3.86. The Morgan fingerprint density at radius 3 is 2.62 bits per heavy atom. The summed E-state index contributed by atoms with van der Waals surface area (Å²) in [5, 5.41) is 8.37. The number of likely N-dealkylation sites (N-methyl/N-ethyl adjacent to an activating group) is 1. The second-order valence-electron chi connectivity index (χ2n) is 3.35. The molecule has 1 amide bonds. The third kappa shape index (κ3) is 3.79. The monoisotopic (exact) mass is 226 g/mol. The molecule has 0 aliphatic rings. The van der Waals surface area contributed by atoms with Gasteiger partial charge in [0.15, 0.2) is 0 Å². The Balaban J connectivity index is 2.48. The molecule has 0 radical (unpaired) electrons. The zero-order chi connectivity index (χ0) is 12.0. The van der Waals surface area contributed by atoms with Gasteiger partial charge in [-0.3, -0.25) is 10.0 Å². The van der Waals surface area contributed by atoms with Gasteiger partial charge in [0, 0.05) is 18.9 Å². The molecule has 1 aromatic rings.